The predicted molar refractivity (Wildman–Crippen MR) is 96.8 cm³/mol. The van der Waals surface area contributed by atoms with Crippen LogP contribution in [0.1, 0.15) is 70.8 Å². The number of hydrogen-bond donors (Lipinski definition) is 1. The van der Waals surface area contributed by atoms with Crippen LogP contribution in [0.15, 0.2) is 15.3 Å². The molecule has 1 aromatic rings. The molecule has 23 heavy (non-hydrogen) atoms. The zero-order valence-corrected chi connectivity index (χ0v) is 15.7. The molecule has 3 atom stereocenters. The van der Waals surface area contributed by atoms with Gasteiger partial charge in [-0.2, -0.15) is 0 Å². The zero-order chi connectivity index (χ0) is 17.7. The Hall–Kier alpha value is -1.51. The Kier molecular flexibility index (Phi) is 7.11. The minimum absolute atomic E-state index is 0.0433. The Labute approximate surface area is 140 Å². The largest absolute Gasteiger partial charge is 0.507 e. The molecule has 0 bridgehead atoms. The van der Waals surface area contributed by atoms with Crippen LogP contribution in [0.5, 0.6) is 5.75 Å². The van der Waals surface area contributed by atoms with Crippen LogP contribution in [0, 0.1) is 31.6 Å². The molecule has 3 nitrogen and oxygen atoms in total. The topological polar surface area (TPSA) is 50.4 Å². The van der Waals surface area contributed by atoms with Crippen molar-refractivity contribution in [2.75, 3.05) is 0 Å². The standard InChI is InChI=1S/C20H32O3/c1-8-12(2)9-13(3)10-14(4)11-15(5)19-16(6)18(21)17(7)20(22)23-19/h11-14,21H,8-10H2,1-7H3. The van der Waals surface area contributed by atoms with E-state index in [1.54, 1.807) is 13.8 Å². The first-order valence-corrected chi connectivity index (χ1v) is 8.69. The lowest BCUT2D eigenvalue weighted by Gasteiger charge is -2.19. The molecule has 0 radical (unpaired) electrons. The Morgan fingerprint density at radius 1 is 1.13 bits per heavy atom. The average molecular weight is 320 g/mol. The number of allylic oxidation sites excluding steroid dienone is 2. The van der Waals surface area contributed by atoms with Gasteiger partial charge in [0.15, 0.2) is 0 Å². The van der Waals surface area contributed by atoms with Gasteiger partial charge in [-0.3, -0.25) is 0 Å². The molecular formula is C20H32O3. The molecule has 1 rings (SSSR count). The summed E-state index contributed by atoms with van der Waals surface area (Å²) in [6.45, 7) is 14.3. The smallest absolute Gasteiger partial charge is 0.342 e. The number of aromatic hydroxyl groups is 1. The van der Waals surface area contributed by atoms with E-state index in [4.69, 9.17) is 4.42 Å². The third-order valence-electron chi connectivity index (χ3n) is 4.72. The molecule has 0 aliphatic carbocycles. The van der Waals surface area contributed by atoms with Crippen LogP contribution >= 0.6 is 0 Å². The number of rotatable bonds is 7. The van der Waals surface area contributed by atoms with E-state index in [2.05, 4.69) is 33.8 Å². The van der Waals surface area contributed by atoms with Gasteiger partial charge >= 0.3 is 5.63 Å². The summed E-state index contributed by atoms with van der Waals surface area (Å²) in [5, 5.41) is 10.0. The molecule has 0 aromatic carbocycles. The molecule has 0 saturated carbocycles. The molecule has 0 amide bonds. The van der Waals surface area contributed by atoms with Crippen LogP contribution in [0.3, 0.4) is 0 Å². The highest BCUT2D eigenvalue weighted by Gasteiger charge is 2.16. The third-order valence-corrected chi connectivity index (χ3v) is 4.72. The second-order valence-corrected chi connectivity index (χ2v) is 7.23. The minimum atomic E-state index is -0.464. The zero-order valence-electron chi connectivity index (χ0n) is 15.7. The van der Waals surface area contributed by atoms with Gasteiger partial charge in [-0.05, 0) is 56.9 Å². The summed E-state index contributed by atoms with van der Waals surface area (Å²) < 4.78 is 5.39. The van der Waals surface area contributed by atoms with E-state index in [1.165, 1.54) is 12.8 Å². The van der Waals surface area contributed by atoms with Crippen LogP contribution < -0.4 is 5.63 Å². The predicted octanol–water partition coefficient (Wildman–Crippen LogP) is 5.46. The highest BCUT2D eigenvalue weighted by Crippen LogP contribution is 2.29. The molecule has 0 spiro atoms. The van der Waals surface area contributed by atoms with Crippen molar-refractivity contribution < 1.29 is 9.52 Å². The summed E-state index contributed by atoms with van der Waals surface area (Å²) in [6, 6.07) is 0. The van der Waals surface area contributed by atoms with Crippen molar-refractivity contribution >= 4 is 5.57 Å². The molecular weight excluding hydrogens is 288 g/mol. The Morgan fingerprint density at radius 3 is 2.30 bits per heavy atom. The van der Waals surface area contributed by atoms with Gasteiger partial charge in [-0.1, -0.05) is 40.2 Å². The first-order valence-electron chi connectivity index (χ1n) is 8.69. The Morgan fingerprint density at radius 2 is 1.74 bits per heavy atom. The molecule has 1 heterocycles. The maximum absolute atomic E-state index is 11.8. The Balaban J connectivity index is 2.90. The van der Waals surface area contributed by atoms with Gasteiger partial charge in [-0.15, -0.1) is 0 Å². The van der Waals surface area contributed by atoms with Crippen molar-refractivity contribution in [2.24, 2.45) is 17.8 Å². The molecule has 0 aliphatic heterocycles. The summed E-state index contributed by atoms with van der Waals surface area (Å²) in [5.74, 6) is 2.38. The van der Waals surface area contributed by atoms with Crippen molar-refractivity contribution in [1.29, 1.82) is 0 Å². The summed E-state index contributed by atoms with van der Waals surface area (Å²) in [5.41, 5.74) is 1.36. The fourth-order valence-electron chi connectivity index (χ4n) is 3.26. The second kappa shape index (κ2) is 8.37. The van der Waals surface area contributed by atoms with E-state index in [0.717, 1.165) is 17.9 Å². The van der Waals surface area contributed by atoms with E-state index < -0.39 is 5.63 Å². The molecule has 0 fully saturated rings. The first-order chi connectivity index (χ1) is 10.7. The van der Waals surface area contributed by atoms with E-state index in [0.29, 0.717) is 23.2 Å². The van der Waals surface area contributed by atoms with Gasteiger partial charge in [-0.25, -0.2) is 4.79 Å². The summed E-state index contributed by atoms with van der Waals surface area (Å²) in [7, 11) is 0. The Bertz CT molecular complexity index is 610. The molecule has 3 unspecified atom stereocenters. The van der Waals surface area contributed by atoms with Crippen LogP contribution in [-0.4, -0.2) is 5.11 Å². The number of hydrogen-bond acceptors (Lipinski definition) is 3. The highest BCUT2D eigenvalue weighted by atomic mass is 16.4. The first kappa shape index (κ1) is 19.5. The van der Waals surface area contributed by atoms with Crippen LogP contribution in [-0.2, 0) is 0 Å². The molecule has 1 N–H and O–H groups in total. The van der Waals surface area contributed by atoms with E-state index in [9.17, 15) is 9.90 Å². The lowest BCUT2D eigenvalue weighted by atomic mass is 9.87. The highest BCUT2D eigenvalue weighted by molar-refractivity contribution is 5.64. The van der Waals surface area contributed by atoms with Gasteiger partial charge in [0.25, 0.3) is 0 Å². The maximum atomic E-state index is 11.8. The quantitative estimate of drug-likeness (QED) is 0.725. The van der Waals surface area contributed by atoms with Crippen molar-refractivity contribution in [3.05, 3.63) is 33.4 Å². The average Bonchev–Trinajstić information content (AvgIpc) is 2.47. The van der Waals surface area contributed by atoms with Crippen LogP contribution in [0.2, 0.25) is 0 Å². The fraction of sp³-hybridized carbons (Fsp3) is 0.650. The normalized spacial score (nSPS) is 16.2. The van der Waals surface area contributed by atoms with E-state index in [1.807, 2.05) is 6.92 Å². The van der Waals surface area contributed by atoms with Gasteiger partial charge in [0.05, 0.1) is 5.56 Å². The van der Waals surface area contributed by atoms with Crippen molar-refractivity contribution in [2.45, 2.75) is 67.7 Å². The molecule has 0 saturated heterocycles. The van der Waals surface area contributed by atoms with E-state index >= 15 is 0 Å². The van der Waals surface area contributed by atoms with Crippen LogP contribution in [0.4, 0.5) is 0 Å². The molecule has 130 valence electrons. The lowest BCUT2D eigenvalue weighted by molar-refractivity contribution is 0.361. The minimum Gasteiger partial charge on any atom is -0.507 e. The summed E-state index contributed by atoms with van der Waals surface area (Å²) >= 11 is 0. The summed E-state index contributed by atoms with van der Waals surface area (Å²) in [6.07, 6.45) is 5.73. The van der Waals surface area contributed by atoms with Crippen LogP contribution in [0.25, 0.3) is 5.57 Å². The van der Waals surface area contributed by atoms with Gasteiger partial charge in [0, 0.05) is 5.56 Å². The third kappa shape index (κ3) is 5.26. The molecule has 1 aromatic heterocycles. The van der Waals surface area contributed by atoms with E-state index in [-0.39, 0.29) is 11.3 Å². The fourth-order valence-corrected chi connectivity index (χ4v) is 3.26. The van der Waals surface area contributed by atoms with Crippen molar-refractivity contribution in [1.82, 2.24) is 0 Å². The monoisotopic (exact) mass is 320 g/mol. The SMILES string of the molecule is CCC(C)CC(C)CC(C)C=C(C)c1oc(=O)c(C)c(O)c1C. The maximum Gasteiger partial charge on any atom is 0.342 e. The lowest BCUT2D eigenvalue weighted by Crippen LogP contribution is -2.08. The van der Waals surface area contributed by atoms with Crippen molar-refractivity contribution in [3.63, 3.8) is 0 Å². The van der Waals surface area contributed by atoms with Crippen molar-refractivity contribution in [3.8, 4) is 5.75 Å². The molecule has 0 aliphatic rings. The second-order valence-electron chi connectivity index (χ2n) is 7.23. The van der Waals surface area contributed by atoms with Gasteiger partial charge < -0.3 is 9.52 Å². The van der Waals surface area contributed by atoms with Gasteiger partial charge in [0.1, 0.15) is 11.5 Å². The summed E-state index contributed by atoms with van der Waals surface area (Å²) in [4.78, 5) is 11.8. The molecule has 3 heteroatoms. The van der Waals surface area contributed by atoms with Gasteiger partial charge in [0.2, 0.25) is 0 Å².